The molecule has 0 N–H and O–H groups in total. The highest BCUT2D eigenvalue weighted by Crippen LogP contribution is 2.31. The van der Waals surface area contributed by atoms with Crippen molar-refractivity contribution in [2.45, 2.75) is 18.4 Å². The van der Waals surface area contributed by atoms with Crippen molar-refractivity contribution in [1.29, 1.82) is 0 Å². The van der Waals surface area contributed by atoms with Crippen molar-refractivity contribution in [2.75, 3.05) is 46.6 Å². The molecule has 22 heavy (non-hydrogen) atoms. The van der Waals surface area contributed by atoms with Crippen LogP contribution in [-0.2, 0) is 9.47 Å². The third-order valence-electron chi connectivity index (χ3n) is 4.61. The quantitative estimate of drug-likeness (QED) is 0.793. The van der Waals surface area contributed by atoms with Crippen molar-refractivity contribution in [2.24, 2.45) is 0 Å². The zero-order valence-corrected chi connectivity index (χ0v) is 13.0. The molecule has 120 valence electrons. The second kappa shape index (κ2) is 6.77. The first kappa shape index (κ1) is 15.5. The standard InChI is InChI=1S/C17H23NO4/c1-20-15-5-3-14(4-6-15)16(19)17(7-2-10-22-13-17)18-8-11-21-12-9-18/h3-6H,2,7-13H2,1H3. The van der Waals surface area contributed by atoms with Crippen LogP contribution in [0.25, 0.3) is 0 Å². The average molecular weight is 305 g/mol. The van der Waals surface area contributed by atoms with Gasteiger partial charge in [-0.3, -0.25) is 9.69 Å². The highest BCUT2D eigenvalue weighted by molar-refractivity contribution is 6.03. The van der Waals surface area contributed by atoms with Crippen molar-refractivity contribution in [3.63, 3.8) is 0 Å². The van der Waals surface area contributed by atoms with Crippen molar-refractivity contribution in [1.82, 2.24) is 4.90 Å². The Bertz CT molecular complexity index is 502. The molecule has 1 atom stereocenters. The summed E-state index contributed by atoms with van der Waals surface area (Å²) in [7, 11) is 1.63. The molecule has 3 rings (SSSR count). The van der Waals surface area contributed by atoms with E-state index in [2.05, 4.69) is 4.90 Å². The van der Waals surface area contributed by atoms with Gasteiger partial charge >= 0.3 is 0 Å². The fourth-order valence-electron chi connectivity index (χ4n) is 3.35. The van der Waals surface area contributed by atoms with E-state index in [4.69, 9.17) is 14.2 Å². The minimum atomic E-state index is -0.545. The first-order valence-corrected chi connectivity index (χ1v) is 7.86. The fraction of sp³-hybridized carbons (Fsp3) is 0.588. The number of carbonyl (C=O) groups is 1. The van der Waals surface area contributed by atoms with Crippen LogP contribution >= 0.6 is 0 Å². The summed E-state index contributed by atoms with van der Waals surface area (Å²) < 4.78 is 16.3. The van der Waals surface area contributed by atoms with Gasteiger partial charge in [0.15, 0.2) is 5.78 Å². The lowest BCUT2D eigenvalue weighted by Gasteiger charge is -2.46. The number of carbonyl (C=O) groups excluding carboxylic acids is 1. The Morgan fingerprint density at radius 2 is 1.86 bits per heavy atom. The minimum Gasteiger partial charge on any atom is -0.497 e. The highest BCUT2D eigenvalue weighted by atomic mass is 16.5. The van der Waals surface area contributed by atoms with Crippen LogP contribution in [0, 0.1) is 0 Å². The normalized spacial score (nSPS) is 26.6. The number of hydrogen-bond donors (Lipinski definition) is 0. The van der Waals surface area contributed by atoms with Gasteiger partial charge in [-0.05, 0) is 37.1 Å². The van der Waals surface area contributed by atoms with Crippen LogP contribution < -0.4 is 4.74 Å². The number of ether oxygens (including phenoxy) is 3. The molecule has 5 nitrogen and oxygen atoms in total. The van der Waals surface area contributed by atoms with Gasteiger partial charge in [0, 0.05) is 25.3 Å². The van der Waals surface area contributed by atoms with Gasteiger partial charge in [0.2, 0.25) is 0 Å². The second-order valence-corrected chi connectivity index (χ2v) is 5.84. The third-order valence-corrected chi connectivity index (χ3v) is 4.61. The van der Waals surface area contributed by atoms with Crippen LogP contribution in [-0.4, -0.2) is 62.8 Å². The van der Waals surface area contributed by atoms with Crippen molar-refractivity contribution < 1.29 is 19.0 Å². The molecule has 0 amide bonds. The molecule has 1 unspecified atom stereocenters. The van der Waals surface area contributed by atoms with Gasteiger partial charge in [-0.2, -0.15) is 0 Å². The van der Waals surface area contributed by atoms with Crippen molar-refractivity contribution >= 4 is 5.78 Å². The number of ketones is 1. The van der Waals surface area contributed by atoms with E-state index >= 15 is 0 Å². The molecular weight excluding hydrogens is 282 g/mol. The van der Waals surface area contributed by atoms with Crippen molar-refractivity contribution in [3.8, 4) is 5.75 Å². The molecule has 1 aromatic rings. The first-order valence-electron chi connectivity index (χ1n) is 7.86. The molecule has 0 saturated carbocycles. The van der Waals surface area contributed by atoms with Gasteiger partial charge in [-0.1, -0.05) is 0 Å². The molecular formula is C17H23NO4. The topological polar surface area (TPSA) is 48.0 Å². The van der Waals surface area contributed by atoms with E-state index in [0.29, 0.717) is 19.8 Å². The molecule has 0 bridgehead atoms. The zero-order valence-electron chi connectivity index (χ0n) is 13.0. The Morgan fingerprint density at radius 1 is 1.14 bits per heavy atom. The summed E-state index contributed by atoms with van der Waals surface area (Å²) in [4.78, 5) is 15.5. The number of Topliss-reactive ketones (excluding diaryl/α,β-unsaturated/α-hetero) is 1. The van der Waals surface area contributed by atoms with Crippen LogP contribution in [0.15, 0.2) is 24.3 Å². The van der Waals surface area contributed by atoms with Crippen molar-refractivity contribution in [3.05, 3.63) is 29.8 Å². The lowest BCUT2D eigenvalue weighted by atomic mass is 9.82. The Balaban J connectivity index is 1.88. The summed E-state index contributed by atoms with van der Waals surface area (Å²) in [6.45, 7) is 4.13. The van der Waals surface area contributed by atoms with Crippen LogP contribution in [0.2, 0.25) is 0 Å². The Hall–Kier alpha value is -1.43. The van der Waals surface area contributed by atoms with E-state index in [1.165, 1.54) is 0 Å². The minimum absolute atomic E-state index is 0.150. The molecule has 2 saturated heterocycles. The van der Waals surface area contributed by atoms with Crippen LogP contribution in [0.1, 0.15) is 23.2 Å². The number of methoxy groups -OCH3 is 1. The number of hydrogen-bond acceptors (Lipinski definition) is 5. The van der Waals surface area contributed by atoms with E-state index in [1.54, 1.807) is 7.11 Å². The molecule has 1 aromatic carbocycles. The van der Waals surface area contributed by atoms with Gasteiger partial charge in [-0.25, -0.2) is 0 Å². The number of rotatable bonds is 4. The SMILES string of the molecule is COc1ccc(C(=O)C2(N3CCOCC3)CCCOC2)cc1. The Labute approximate surface area is 131 Å². The molecule has 0 aromatic heterocycles. The maximum absolute atomic E-state index is 13.2. The predicted octanol–water partition coefficient (Wildman–Crippen LogP) is 1.76. The van der Waals surface area contributed by atoms with Gasteiger partial charge in [0.05, 0.1) is 26.9 Å². The lowest BCUT2D eigenvalue weighted by molar-refractivity contribution is -0.0692. The Kier molecular flexibility index (Phi) is 4.76. The van der Waals surface area contributed by atoms with Crippen LogP contribution in [0.3, 0.4) is 0 Å². The first-order chi connectivity index (χ1) is 10.8. The van der Waals surface area contributed by atoms with E-state index in [9.17, 15) is 4.79 Å². The smallest absolute Gasteiger partial charge is 0.185 e. The summed E-state index contributed by atoms with van der Waals surface area (Å²) in [5, 5.41) is 0. The van der Waals surface area contributed by atoms with Crippen LogP contribution in [0.5, 0.6) is 5.75 Å². The molecule has 2 aliphatic heterocycles. The molecule has 0 spiro atoms. The summed E-state index contributed by atoms with van der Waals surface area (Å²) in [6.07, 6.45) is 1.76. The highest BCUT2D eigenvalue weighted by Gasteiger charge is 2.46. The summed E-state index contributed by atoms with van der Waals surface area (Å²) in [6, 6.07) is 7.36. The van der Waals surface area contributed by atoms with Crippen LogP contribution in [0.4, 0.5) is 0 Å². The fourth-order valence-corrected chi connectivity index (χ4v) is 3.35. The summed E-state index contributed by atoms with van der Waals surface area (Å²) in [5.41, 5.74) is 0.175. The molecule has 2 fully saturated rings. The zero-order chi connectivity index (χ0) is 15.4. The summed E-state index contributed by atoms with van der Waals surface area (Å²) in [5.74, 6) is 0.911. The van der Waals surface area contributed by atoms with E-state index < -0.39 is 5.54 Å². The molecule has 5 heteroatoms. The third kappa shape index (κ3) is 2.89. The van der Waals surface area contributed by atoms with Gasteiger partial charge in [-0.15, -0.1) is 0 Å². The Morgan fingerprint density at radius 3 is 2.45 bits per heavy atom. The van der Waals surface area contributed by atoms with Gasteiger partial charge in [0.1, 0.15) is 11.3 Å². The number of benzene rings is 1. The van der Waals surface area contributed by atoms with E-state index in [1.807, 2.05) is 24.3 Å². The maximum Gasteiger partial charge on any atom is 0.185 e. The molecule has 0 radical (unpaired) electrons. The lowest BCUT2D eigenvalue weighted by Crippen LogP contribution is -2.62. The molecule has 2 aliphatic rings. The van der Waals surface area contributed by atoms with Gasteiger partial charge in [0.25, 0.3) is 0 Å². The largest absolute Gasteiger partial charge is 0.497 e. The summed E-state index contributed by atoms with van der Waals surface area (Å²) >= 11 is 0. The van der Waals surface area contributed by atoms with Gasteiger partial charge < -0.3 is 14.2 Å². The van der Waals surface area contributed by atoms with E-state index in [-0.39, 0.29) is 5.78 Å². The predicted molar refractivity (Wildman–Crippen MR) is 82.5 cm³/mol. The maximum atomic E-state index is 13.2. The second-order valence-electron chi connectivity index (χ2n) is 5.84. The van der Waals surface area contributed by atoms with E-state index in [0.717, 1.165) is 43.9 Å². The number of morpholine rings is 1. The molecule has 0 aliphatic carbocycles. The monoisotopic (exact) mass is 305 g/mol. The average Bonchev–Trinajstić information content (AvgIpc) is 2.62. The molecule has 2 heterocycles. The number of nitrogens with zero attached hydrogens (tertiary/aromatic N) is 1.